The zero-order valence-electron chi connectivity index (χ0n) is 12.1. The third-order valence-corrected chi connectivity index (χ3v) is 4.20. The van der Waals surface area contributed by atoms with Crippen LogP contribution in [0, 0.1) is 5.41 Å². The molecule has 1 N–H and O–H groups in total. The summed E-state index contributed by atoms with van der Waals surface area (Å²) in [5.74, 6) is -0.883. The Morgan fingerprint density at radius 3 is 2.55 bits per heavy atom. The van der Waals surface area contributed by atoms with Crippen molar-refractivity contribution < 1.29 is 9.90 Å². The summed E-state index contributed by atoms with van der Waals surface area (Å²) in [5.41, 5.74) is 2.79. The summed E-state index contributed by atoms with van der Waals surface area (Å²) in [5, 5.41) is 9.34. The molecule has 0 bridgehead atoms. The van der Waals surface area contributed by atoms with E-state index in [1.807, 2.05) is 12.1 Å². The average molecular weight is 338 g/mol. The Kier molecular flexibility index (Phi) is 4.23. The lowest BCUT2D eigenvalue weighted by Crippen LogP contribution is -2.32. The molecule has 0 aliphatic carbocycles. The quantitative estimate of drug-likeness (QED) is 0.816. The second kappa shape index (κ2) is 5.60. The van der Waals surface area contributed by atoms with Gasteiger partial charge in [0.05, 0.1) is 11.3 Å². The van der Waals surface area contributed by atoms with Crippen LogP contribution in [0.4, 0.5) is 5.69 Å². The maximum absolute atomic E-state index is 11.4. The van der Waals surface area contributed by atoms with Crippen molar-refractivity contribution in [2.75, 3.05) is 18.0 Å². The largest absolute Gasteiger partial charge is 0.478 e. The van der Waals surface area contributed by atoms with E-state index in [1.165, 1.54) is 5.57 Å². The van der Waals surface area contributed by atoms with E-state index in [-0.39, 0.29) is 5.41 Å². The molecule has 1 aliphatic heterocycles. The number of hydrogen-bond donors (Lipinski definition) is 1. The number of carboxylic acid groups (broad SMARTS) is 1. The highest BCUT2D eigenvalue weighted by Gasteiger charge is 2.23. The van der Waals surface area contributed by atoms with Gasteiger partial charge >= 0.3 is 5.97 Å². The van der Waals surface area contributed by atoms with Gasteiger partial charge in [-0.15, -0.1) is 0 Å². The van der Waals surface area contributed by atoms with Crippen molar-refractivity contribution in [2.24, 2.45) is 5.41 Å². The van der Waals surface area contributed by atoms with Gasteiger partial charge in [0.2, 0.25) is 0 Å². The minimum absolute atomic E-state index is 0.196. The highest BCUT2D eigenvalue weighted by Crippen LogP contribution is 2.33. The van der Waals surface area contributed by atoms with Crippen molar-refractivity contribution in [2.45, 2.75) is 27.2 Å². The molecule has 3 nitrogen and oxygen atoms in total. The SMILES string of the molecule is CC(C)(C)C1=CCN(c2ccc(Br)cc2C(=O)O)CC1. The second-order valence-electron chi connectivity index (χ2n) is 6.14. The van der Waals surface area contributed by atoms with Gasteiger partial charge in [0.1, 0.15) is 0 Å². The van der Waals surface area contributed by atoms with Crippen LogP contribution in [0.3, 0.4) is 0 Å². The van der Waals surface area contributed by atoms with E-state index in [2.05, 4.69) is 47.7 Å². The molecule has 0 radical (unpaired) electrons. The van der Waals surface area contributed by atoms with Crippen LogP contribution in [0.2, 0.25) is 0 Å². The molecular weight excluding hydrogens is 318 g/mol. The fraction of sp³-hybridized carbons (Fsp3) is 0.438. The highest BCUT2D eigenvalue weighted by molar-refractivity contribution is 9.10. The van der Waals surface area contributed by atoms with Crippen LogP contribution in [0.25, 0.3) is 0 Å². The first-order valence-electron chi connectivity index (χ1n) is 6.76. The first-order chi connectivity index (χ1) is 9.29. The van der Waals surface area contributed by atoms with Crippen LogP contribution in [0.15, 0.2) is 34.3 Å². The van der Waals surface area contributed by atoms with E-state index in [0.717, 1.165) is 29.7 Å². The van der Waals surface area contributed by atoms with Crippen molar-refractivity contribution in [3.63, 3.8) is 0 Å². The predicted molar refractivity (Wildman–Crippen MR) is 85.5 cm³/mol. The number of aromatic carboxylic acids is 1. The molecule has 0 amide bonds. The fourth-order valence-electron chi connectivity index (χ4n) is 2.52. The van der Waals surface area contributed by atoms with Gasteiger partial charge in [0, 0.05) is 17.6 Å². The third kappa shape index (κ3) is 3.23. The molecular formula is C16H20BrNO2. The molecule has 0 fully saturated rings. The Labute approximate surface area is 128 Å². The third-order valence-electron chi connectivity index (χ3n) is 3.70. The van der Waals surface area contributed by atoms with Crippen molar-refractivity contribution in [3.8, 4) is 0 Å². The number of carboxylic acids is 1. The van der Waals surface area contributed by atoms with Crippen molar-refractivity contribution >= 4 is 27.6 Å². The van der Waals surface area contributed by atoms with Gasteiger partial charge in [-0.05, 0) is 30.0 Å². The predicted octanol–water partition coefficient (Wildman–Crippen LogP) is 4.33. The molecule has 0 saturated heterocycles. The van der Waals surface area contributed by atoms with Crippen molar-refractivity contribution in [3.05, 3.63) is 39.9 Å². The Balaban J connectivity index is 2.27. The lowest BCUT2D eigenvalue weighted by Gasteiger charge is -2.34. The minimum Gasteiger partial charge on any atom is -0.478 e. The average Bonchev–Trinajstić information content (AvgIpc) is 2.37. The van der Waals surface area contributed by atoms with Gasteiger partial charge in [-0.3, -0.25) is 0 Å². The standard InChI is InChI=1S/C16H20BrNO2/c1-16(2,3)11-6-8-18(9-7-11)14-5-4-12(17)10-13(14)15(19)20/h4-6,10H,7-9H2,1-3H3,(H,19,20). The van der Waals surface area contributed by atoms with E-state index in [4.69, 9.17) is 0 Å². The smallest absolute Gasteiger partial charge is 0.337 e. The minimum atomic E-state index is -0.883. The van der Waals surface area contributed by atoms with E-state index in [9.17, 15) is 9.90 Å². The maximum atomic E-state index is 11.4. The zero-order chi connectivity index (χ0) is 14.9. The van der Waals surface area contributed by atoms with E-state index >= 15 is 0 Å². The Morgan fingerprint density at radius 2 is 2.05 bits per heavy atom. The first kappa shape index (κ1) is 15.1. The molecule has 20 heavy (non-hydrogen) atoms. The summed E-state index contributed by atoms with van der Waals surface area (Å²) in [6.07, 6.45) is 3.22. The number of hydrogen-bond acceptors (Lipinski definition) is 2. The number of benzene rings is 1. The van der Waals surface area contributed by atoms with Gasteiger partial charge in [0.25, 0.3) is 0 Å². The summed E-state index contributed by atoms with van der Waals surface area (Å²) >= 11 is 3.33. The van der Waals surface area contributed by atoms with Crippen LogP contribution < -0.4 is 4.90 Å². The molecule has 4 heteroatoms. The number of halogens is 1. The summed E-state index contributed by atoms with van der Waals surface area (Å²) in [6.45, 7) is 8.30. The van der Waals surface area contributed by atoms with E-state index in [0.29, 0.717) is 5.56 Å². The topological polar surface area (TPSA) is 40.5 Å². The first-order valence-corrected chi connectivity index (χ1v) is 7.55. The monoisotopic (exact) mass is 337 g/mol. The van der Waals surface area contributed by atoms with Gasteiger partial charge in [0.15, 0.2) is 0 Å². The number of nitrogens with zero attached hydrogens (tertiary/aromatic N) is 1. The molecule has 0 saturated carbocycles. The number of carbonyl (C=O) groups is 1. The molecule has 108 valence electrons. The van der Waals surface area contributed by atoms with Gasteiger partial charge in [-0.2, -0.15) is 0 Å². The normalized spacial score (nSPS) is 16.0. The molecule has 1 aromatic carbocycles. The van der Waals surface area contributed by atoms with Crippen LogP contribution in [0.5, 0.6) is 0 Å². The molecule has 1 heterocycles. The fourth-order valence-corrected chi connectivity index (χ4v) is 2.89. The van der Waals surface area contributed by atoms with Gasteiger partial charge in [-0.25, -0.2) is 4.79 Å². The molecule has 0 aromatic heterocycles. The zero-order valence-corrected chi connectivity index (χ0v) is 13.7. The van der Waals surface area contributed by atoms with Gasteiger partial charge in [-0.1, -0.05) is 48.4 Å². The molecule has 2 rings (SSSR count). The Bertz CT molecular complexity index is 558. The lowest BCUT2D eigenvalue weighted by atomic mass is 9.83. The summed E-state index contributed by atoms with van der Waals surface area (Å²) < 4.78 is 0.793. The Morgan fingerprint density at radius 1 is 1.35 bits per heavy atom. The molecule has 0 unspecified atom stereocenters. The Hall–Kier alpha value is -1.29. The summed E-state index contributed by atoms with van der Waals surface area (Å²) in [4.78, 5) is 13.5. The van der Waals surface area contributed by atoms with Crippen molar-refractivity contribution in [1.29, 1.82) is 0 Å². The van der Waals surface area contributed by atoms with E-state index in [1.54, 1.807) is 6.07 Å². The van der Waals surface area contributed by atoms with Gasteiger partial charge < -0.3 is 10.0 Å². The number of rotatable bonds is 2. The summed E-state index contributed by atoms with van der Waals surface area (Å²) in [6, 6.07) is 5.44. The van der Waals surface area contributed by atoms with Crippen LogP contribution in [-0.4, -0.2) is 24.2 Å². The lowest BCUT2D eigenvalue weighted by molar-refractivity contribution is 0.0697. The molecule has 0 spiro atoms. The van der Waals surface area contributed by atoms with Crippen LogP contribution >= 0.6 is 15.9 Å². The molecule has 0 atom stereocenters. The summed E-state index contributed by atoms with van der Waals surface area (Å²) in [7, 11) is 0. The molecule has 1 aromatic rings. The van der Waals surface area contributed by atoms with E-state index < -0.39 is 5.97 Å². The maximum Gasteiger partial charge on any atom is 0.337 e. The number of anilines is 1. The highest BCUT2D eigenvalue weighted by atomic mass is 79.9. The second-order valence-corrected chi connectivity index (χ2v) is 7.06. The molecule has 1 aliphatic rings. The van der Waals surface area contributed by atoms with Crippen LogP contribution in [-0.2, 0) is 0 Å². The van der Waals surface area contributed by atoms with Crippen LogP contribution in [0.1, 0.15) is 37.6 Å². The van der Waals surface area contributed by atoms with Crippen molar-refractivity contribution in [1.82, 2.24) is 0 Å².